The first-order valence-electron chi connectivity index (χ1n) is 6.33. The summed E-state index contributed by atoms with van der Waals surface area (Å²) >= 11 is 0. The first kappa shape index (κ1) is 12.2. The third-order valence-electron chi connectivity index (χ3n) is 2.93. The summed E-state index contributed by atoms with van der Waals surface area (Å²) in [6.45, 7) is 0. The summed E-state index contributed by atoms with van der Waals surface area (Å²) in [5.41, 5.74) is 9.30. The number of rotatable bonds is 3. The molecule has 2 aromatic carbocycles. The molecule has 1 heterocycles. The van der Waals surface area contributed by atoms with Crippen LogP contribution in [-0.4, -0.2) is 9.97 Å². The van der Waals surface area contributed by atoms with Gasteiger partial charge in [0.05, 0.1) is 17.1 Å². The van der Waals surface area contributed by atoms with E-state index in [0.29, 0.717) is 11.6 Å². The Kier molecular flexibility index (Phi) is 3.29. The minimum Gasteiger partial charge on any atom is -0.397 e. The summed E-state index contributed by atoms with van der Waals surface area (Å²) in [6, 6.07) is 19.4. The second-order valence-electron chi connectivity index (χ2n) is 4.34. The molecule has 0 radical (unpaired) electrons. The van der Waals surface area contributed by atoms with Gasteiger partial charge in [0, 0.05) is 11.8 Å². The van der Waals surface area contributed by atoms with Crippen molar-refractivity contribution in [2.24, 2.45) is 0 Å². The van der Waals surface area contributed by atoms with E-state index in [1.54, 1.807) is 6.20 Å². The molecule has 0 aliphatic carbocycles. The van der Waals surface area contributed by atoms with E-state index >= 15 is 0 Å². The summed E-state index contributed by atoms with van der Waals surface area (Å²) < 4.78 is 0. The number of benzene rings is 2. The summed E-state index contributed by atoms with van der Waals surface area (Å²) in [5, 5.41) is 3.14. The number of hydrogen-bond donors (Lipinski definition) is 2. The molecule has 0 aliphatic heterocycles. The SMILES string of the molecule is Nc1ccccc1Nc1nccc(-c2ccccc2)n1. The number of nitrogens with two attached hydrogens (primary N) is 1. The van der Waals surface area contributed by atoms with Crippen molar-refractivity contribution in [1.29, 1.82) is 0 Å². The molecular formula is C16H14N4. The van der Waals surface area contributed by atoms with Crippen molar-refractivity contribution in [3.8, 4) is 11.3 Å². The van der Waals surface area contributed by atoms with Crippen LogP contribution in [0.2, 0.25) is 0 Å². The highest BCUT2D eigenvalue weighted by Crippen LogP contribution is 2.22. The molecule has 3 N–H and O–H groups in total. The number of anilines is 3. The Morgan fingerprint density at radius 3 is 2.40 bits per heavy atom. The lowest BCUT2D eigenvalue weighted by molar-refractivity contribution is 1.17. The molecule has 0 spiro atoms. The minimum absolute atomic E-state index is 0.532. The average Bonchev–Trinajstić information content (AvgIpc) is 2.51. The van der Waals surface area contributed by atoms with E-state index in [9.17, 15) is 0 Å². The number of nitrogens with zero attached hydrogens (tertiary/aromatic N) is 2. The highest BCUT2D eigenvalue weighted by Gasteiger charge is 2.03. The first-order valence-corrected chi connectivity index (χ1v) is 6.33. The van der Waals surface area contributed by atoms with E-state index in [4.69, 9.17) is 5.73 Å². The lowest BCUT2D eigenvalue weighted by atomic mass is 10.1. The quantitative estimate of drug-likeness (QED) is 0.709. The van der Waals surface area contributed by atoms with Gasteiger partial charge in [-0.1, -0.05) is 42.5 Å². The molecule has 0 amide bonds. The highest BCUT2D eigenvalue weighted by atomic mass is 15.1. The Labute approximate surface area is 117 Å². The highest BCUT2D eigenvalue weighted by molar-refractivity contribution is 5.70. The van der Waals surface area contributed by atoms with Crippen LogP contribution in [0.4, 0.5) is 17.3 Å². The van der Waals surface area contributed by atoms with Gasteiger partial charge in [0.25, 0.3) is 0 Å². The second kappa shape index (κ2) is 5.40. The Morgan fingerprint density at radius 2 is 1.60 bits per heavy atom. The normalized spacial score (nSPS) is 10.2. The fourth-order valence-corrected chi connectivity index (χ4v) is 1.92. The zero-order valence-electron chi connectivity index (χ0n) is 10.8. The maximum absolute atomic E-state index is 5.90. The molecule has 4 heteroatoms. The van der Waals surface area contributed by atoms with Crippen molar-refractivity contribution >= 4 is 17.3 Å². The monoisotopic (exact) mass is 262 g/mol. The van der Waals surface area contributed by atoms with Gasteiger partial charge in [-0.25, -0.2) is 9.97 Å². The fourth-order valence-electron chi connectivity index (χ4n) is 1.92. The van der Waals surface area contributed by atoms with Crippen LogP contribution in [-0.2, 0) is 0 Å². The standard InChI is InChI=1S/C16H14N4/c17-13-8-4-5-9-15(13)20-16-18-11-10-14(19-16)12-6-2-1-3-7-12/h1-11H,17H2,(H,18,19,20). The Balaban J connectivity index is 1.91. The van der Waals surface area contributed by atoms with Crippen LogP contribution in [0.3, 0.4) is 0 Å². The van der Waals surface area contributed by atoms with Gasteiger partial charge in [-0.2, -0.15) is 0 Å². The van der Waals surface area contributed by atoms with Crippen LogP contribution in [0, 0.1) is 0 Å². The topological polar surface area (TPSA) is 63.8 Å². The maximum atomic E-state index is 5.90. The Hall–Kier alpha value is -2.88. The van der Waals surface area contributed by atoms with Crippen LogP contribution in [0.1, 0.15) is 0 Å². The molecule has 1 aromatic heterocycles. The lowest BCUT2D eigenvalue weighted by Gasteiger charge is -2.08. The number of nitrogen functional groups attached to an aromatic ring is 1. The summed E-state index contributed by atoms with van der Waals surface area (Å²) in [7, 11) is 0. The van der Waals surface area contributed by atoms with E-state index in [1.807, 2.05) is 60.7 Å². The molecule has 98 valence electrons. The van der Waals surface area contributed by atoms with Crippen LogP contribution >= 0.6 is 0 Å². The molecular weight excluding hydrogens is 248 g/mol. The molecule has 0 fully saturated rings. The summed E-state index contributed by atoms with van der Waals surface area (Å²) in [4.78, 5) is 8.73. The van der Waals surface area contributed by atoms with Crippen molar-refractivity contribution in [1.82, 2.24) is 9.97 Å². The van der Waals surface area contributed by atoms with Gasteiger partial charge in [0.1, 0.15) is 0 Å². The number of hydrogen-bond acceptors (Lipinski definition) is 4. The van der Waals surface area contributed by atoms with Gasteiger partial charge in [0.15, 0.2) is 0 Å². The van der Waals surface area contributed by atoms with Gasteiger partial charge in [-0.05, 0) is 18.2 Å². The molecule has 3 aromatic rings. The largest absolute Gasteiger partial charge is 0.397 e. The number of nitrogens with one attached hydrogen (secondary N) is 1. The minimum atomic E-state index is 0.532. The summed E-state index contributed by atoms with van der Waals surface area (Å²) in [6.07, 6.45) is 1.73. The molecule has 0 bridgehead atoms. The van der Waals surface area contributed by atoms with Crippen molar-refractivity contribution in [2.75, 3.05) is 11.1 Å². The molecule has 0 aliphatic rings. The van der Waals surface area contributed by atoms with Crippen molar-refractivity contribution in [3.05, 3.63) is 66.9 Å². The fraction of sp³-hybridized carbons (Fsp3) is 0. The molecule has 3 rings (SSSR count). The third-order valence-corrected chi connectivity index (χ3v) is 2.93. The molecule has 0 saturated carbocycles. The van der Waals surface area contributed by atoms with E-state index in [0.717, 1.165) is 16.9 Å². The molecule has 0 atom stereocenters. The van der Waals surface area contributed by atoms with Crippen molar-refractivity contribution < 1.29 is 0 Å². The van der Waals surface area contributed by atoms with Gasteiger partial charge in [0.2, 0.25) is 5.95 Å². The molecule has 4 nitrogen and oxygen atoms in total. The molecule has 20 heavy (non-hydrogen) atoms. The van der Waals surface area contributed by atoms with Gasteiger partial charge >= 0.3 is 0 Å². The van der Waals surface area contributed by atoms with Gasteiger partial charge < -0.3 is 11.1 Å². The molecule has 0 unspecified atom stereocenters. The summed E-state index contributed by atoms with van der Waals surface area (Å²) in [5.74, 6) is 0.532. The van der Waals surface area contributed by atoms with Crippen LogP contribution in [0.25, 0.3) is 11.3 Å². The van der Waals surface area contributed by atoms with E-state index in [2.05, 4.69) is 15.3 Å². The second-order valence-corrected chi connectivity index (χ2v) is 4.34. The van der Waals surface area contributed by atoms with Gasteiger partial charge in [-0.3, -0.25) is 0 Å². The van der Waals surface area contributed by atoms with Gasteiger partial charge in [-0.15, -0.1) is 0 Å². The first-order chi connectivity index (χ1) is 9.83. The predicted molar refractivity (Wildman–Crippen MR) is 81.6 cm³/mol. The van der Waals surface area contributed by atoms with E-state index in [1.165, 1.54) is 0 Å². The third kappa shape index (κ3) is 2.59. The Bertz CT molecular complexity index is 710. The zero-order valence-corrected chi connectivity index (χ0v) is 10.8. The van der Waals surface area contributed by atoms with Crippen molar-refractivity contribution in [2.45, 2.75) is 0 Å². The lowest BCUT2D eigenvalue weighted by Crippen LogP contribution is -2.00. The zero-order chi connectivity index (χ0) is 13.8. The smallest absolute Gasteiger partial charge is 0.227 e. The maximum Gasteiger partial charge on any atom is 0.227 e. The van der Waals surface area contributed by atoms with E-state index < -0.39 is 0 Å². The van der Waals surface area contributed by atoms with Crippen molar-refractivity contribution in [3.63, 3.8) is 0 Å². The predicted octanol–water partition coefficient (Wildman–Crippen LogP) is 3.47. The average molecular weight is 262 g/mol. The number of para-hydroxylation sites is 2. The van der Waals surface area contributed by atoms with E-state index in [-0.39, 0.29) is 0 Å². The van der Waals surface area contributed by atoms with Crippen LogP contribution < -0.4 is 11.1 Å². The van der Waals surface area contributed by atoms with Crippen LogP contribution in [0.5, 0.6) is 0 Å². The Morgan fingerprint density at radius 1 is 0.850 bits per heavy atom. The molecule has 0 saturated heterocycles. The number of aromatic nitrogens is 2. The van der Waals surface area contributed by atoms with Crippen LogP contribution in [0.15, 0.2) is 66.9 Å².